The minimum atomic E-state index is -0.231. The maximum atomic E-state index is 12.5. The number of nitrogens with zero attached hydrogens (tertiary/aromatic N) is 4. The molecule has 3 aromatic heterocycles. The van der Waals surface area contributed by atoms with Crippen LogP contribution in [0.5, 0.6) is 5.75 Å². The Morgan fingerprint density at radius 3 is 2.86 bits per heavy atom. The minimum absolute atomic E-state index is 0.155. The number of ether oxygens (including phenoxy) is 1. The second-order valence-electron chi connectivity index (χ2n) is 6.32. The lowest BCUT2D eigenvalue weighted by Gasteiger charge is -2.15. The number of carbonyl (C=O) groups excluding carboxylic acids is 1. The van der Waals surface area contributed by atoms with Gasteiger partial charge in [0.05, 0.1) is 0 Å². The van der Waals surface area contributed by atoms with Crippen LogP contribution in [0.1, 0.15) is 21.8 Å². The van der Waals surface area contributed by atoms with Crippen molar-refractivity contribution in [2.24, 2.45) is 0 Å². The molecule has 0 aliphatic heterocycles. The number of fused-ring (bicyclic) bond motifs is 1. The molecule has 0 radical (unpaired) electrons. The van der Waals surface area contributed by atoms with E-state index in [1.807, 2.05) is 42.5 Å². The van der Waals surface area contributed by atoms with Crippen LogP contribution in [-0.2, 0) is 13.2 Å². The maximum Gasteiger partial charge on any atom is 0.276 e. The number of carbonyl (C=O) groups is 1. The number of amides is 1. The van der Waals surface area contributed by atoms with Crippen molar-refractivity contribution in [3.8, 4) is 5.75 Å². The molecule has 7 nitrogen and oxygen atoms in total. The van der Waals surface area contributed by atoms with Crippen molar-refractivity contribution in [2.75, 3.05) is 7.05 Å². The molecule has 4 rings (SSSR count). The Balaban J connectivity index is 1.42. The summed E-state index contributed by atoms with van der Waals surface area (Å²) in [7, 11) is 1.71. The van der Waals surface area contributed by atoms with Gasteiger partial charge in [0.25, 0.3) is 5.91 Å². The summed E-state index contributed by atoms with van der Waals surface area (Å²) in [5, 5.41) is 4.87. The summed E-state index contributed by atoms with van der Waals surface area (Å²) in [6.07, 6.45) is 5.14. The molecule has 0 spiro atoms. The summed E-state index contributed by atoms with van der Waals surface area (Å²) in [6, 6.07) is 14.9. The zero-order valence-corrected chi connectivity index (χ0v) is 15.3. The first-order valence-corrected chi connectivity index (χ1v) is 8.77. The van der Waals surface area contributed by atoms with Crippen LogP contribution >= 0.6 is 0 Å². The second-order valence-corrected chi connectivity index (χ2v) is 6.32. The highest BCUT2D eigenvalue weighted by Gasteiger charge is 2.17. The molecule has 0 aliphatic carbocycles. The molecule has 0 fully saturated rings. The van der Waals surface area contributed by atoms with Crippen molar-refractivity contribution in [3.05, 3.63) is 84.1 Å². The van der Waals surface area contributed by atoms with E-state index in [0.29, 0.717) is 18.1 Å². The lowest BCUT2D eigenvalue weighted by atomic mass is 10.2. The average Bonchev–Trinajstić information content (AvgIpc) is 3.21. The first-order chi connectivity index (χ1) is 13.7. The zero-order chi connectivity index (χ0) is 19.3. The van der Waals surface area contributed by atoms with Crippen molar-refractivity contribution < 1.29 is 14.1 Å². The Morgan fingerprint density at radius 2 is 2.00 bits per heavy atom. The topological polar surface area (TPSA) is 81.4 Å². The highest BCUT2D eigenvalue weighted by Crippen LogP contribution is 2.24. The van der Waals surface area contributed by atoms with E-state index in [1.165, 1.54) is 0 Å². The van der Waals surface area contributed by atoms with Crippen molar-refractivity contribution in [3.63, 3.8) is 0 Å². The van der Waals surface area contributed by atoms with Crippen molar-refractivity contribution in [1.29, 1.82) is 0 Å². The van der Waals surface area contributed by atoms with Crippen molar-refractivity contribution in [1.82, 2.24) is 20.0 Å². The number of hydrogen-bond acceptors (Lipinski definition) is 6. The van der Waals surface area contributed by atoms with Gasteiger partial charge in [-0.15, -0.1) is 0 Å². The van der Waals surface area contributed by atoms with E-state index < -0.39 is 0 Å². The molecule has 0 N–H and O–H groups in total. The standard InChI is InChI=1S/C21H18N4O3/c1-25(13-15-5-3-9-22-12-15)21(26)18-11-17(28-24-18)14-27-19-8-2-6-16-7-4-10-23-20(16)19/h2-12H,13-14H2,1H3. The summed E-state index contributed by atoms with van der Waals surface area (Å²) < 4.78 is 11.1. The van der Waals surface area contributed by atoms with E-state index in [4.69, 9.17) is 9.26 Å². The van der Waals surface area contributed by atoms with Gasteiger partial charge in [0, 0.05) is 43.6 Å². The molecule has 28 heavy (non-hydrogen) atoms. The van der Waals surface area contributed by atoms with Crippen LogP contribution in [0.25, 0.3) is 10.9 Å². The van der Waals surface area contributed by atoms with E-state index in [2.05, 4.69) is 15.1 Å². The lowest BCUT2D eigenvalue weighted by molar-refractivity contribution is 0.0774. The van der Waals surface area contributed by atoms with E-state index >= 15 is 0 Å². The largest absolute Gasteiger partial charge is 0.483 e. The van der Waals surface area contributed by atoms with Gasteiger partial charge in [-0.25, -0.2) is 0 Å². The van der Waals surface area contributed by atoms with Crippen LogP contribution in [0.3, 0.4) is 0 Å². The molecule has 0 aliphatic rings. The van der Waals surface area contributed by atoms with Gasteiger partial charge < -0.3 is 14.2 Å². The molecule has 1 aromatic carbocycles. The minimum Gasteiger partial charge on any atom is -0.483 e. The second kappa shape index (κ2) is 7.87. The quantitative estimate of drug-likeness (QED) is 0.514. The fourth-order valence-electron chi connectivity index (χ4n) is 2.86. The van der Waals surface area contributed by atoms with Gasteiger partial charge in [0.2, 0.25) is 0 Å². The first kappa shape index (κ1) is 17.7. The average molecular weight is 374 g/mol. The van der Waals surface area contributed by atoms with Gasteiger partial charge in [-0.2, -0.15) is 0 Å². The highest BCUT2D eigenvalue weighted by molar-refractivity contribution is 5.92. The molecular formula is C21H18N4O3. The number of pyridine rings is 2. The summed E-state index contributed by atoms with van der Waals surface area (Å²) in [6.45, 7) is 0.593. The molecule has 1 amide bonds. The van der Waals surface area contributed by atoms with E-state index in [1.54, 1.807) is 36.6 Å². The first-order valence-electron chi connectivity index (χ1n) is 8.77. The third-order valence-corrected chi connectivity index (χ3v) is 4.23. The van der Waals surface area contributed by atoms with Gasteiger partial charge in [0.1, 0.15) is 17.9 Å². The van der Waals surface area contributed by atoms with E-state index in [0.717, 1.165) is 16.5 Å². The third-order valence-electron chi connectivity index (χ3n) is 4.23. The Hall–Kier alpha value is -3.74. The van der Waals surface area contributed by atoms with Crippen LogP contribution in [0.2, 0.25) is 0 Å². The van der Waals surface area contributed by atoms with Gasteiger partial charge in [0.15, 0.2) is 11.5 Å². The SMILES string of the molecule is CN(Cc1cccnc1)C(=O)c1cc(COc2cccc3cccnc23)on1. The van der Waals surface area contributed by atoms with Crippen molar-refractivity contribution in [2.45, 2.75) is 13.2 Å². The Kier molecular flexibility index (Phi) is 4.97. The van der Waals surface area contributed by atoms with E-state index in [-0.39, 0.29) is 18.2 Å². The summed E-state index contributed by atoms with van der Waals surface area (Å²) >= 11 is 0. The number of aromatic nitrogens is 3. The van der Waals surface area contributed by atoms with Crippen LogP contribution in [0.4, 0.5) is 0 Å². The fraction of sp³-hybridized carbons (Fsp3) is 0.143. The molecule has 0 unspecified atom stereocenters. The zero-order valence-electron chi connectivity index (χ0n) is 15.3. The highest BCUT2D eigenvalue weighted by atomic mass is 16.5. The van der Waals surface area contributed by atoms with E-state index in [9.17, 15) is 4.79 Å². The third kappa shape index (κ3) is 3.83. The number of para-hydroxylation sites is 1. The maximum absolute atomic E-state index is 12.5. The van der Waals surface area contributed by atoms with Crippen LogP contribution in [0, 0.1) is 0 Å². The van der Waals surface area contributed by atoms with Crippen LogP contribution in [0.15, 0.2) is 71.6 Å². The molecule has 0 atom stereocenters. The molecule has 3 heterocycles. The molecule has 0 saturated carbocycles. The molecule has 0 bridgehead atoms. The van der Waals surface area contributed by atoms with Crippen molar-refractivity contribution >= 4 is 16.8 Å². The normalized spacial score (nSPS) is 10.8. The van der Waals surface area contributed by atoms with Crippen LogP contribution < -0.4 is 4.74 Å². The predicted octanol–water partition coefficient (Wildman–Crippen LogP) is 3.47. The summed E-state index contributed by atoms with van der Waals surface area (Å²) in [5.74, 6) is 0.882. The Morgan fingerprint density at radius 1 is 1.14 bits per heavy atom. The smallest absolute Gasteiger partial charge is 0.276 e. The molecular weight excluding hydrogens is 356 g/mol. The lowest BCUT2D eigenvalue weighted by Crippen LogP contribution is -2.26. The van der Waals surface area contributed by atoms with Gasteiger partial charge >= 0.3 is 0 Å². The predicted molar refractivity (Wildman–Crippen MR) is 103 cm³/mol. The molecule has 4 aromatic rings. The Bertz CT molecular complexity index is 1090. The Labute approximate surface area is 161 Å². The van der Waals surface area contributed by atoms with Gasteiger partial charge in [-0.1, -0.05) is 29.4 Å². The number of rotatable bonds is 6. The molecule has 140 valence electrons. The summed E-state index contributed by atoms with van der Waals surface area (Å²) in [4.78, 5) is 22.5. The van der Waals surface area contributed by atoms with Gasteiger partial charge in [-0.3, -0.25) is 14.8 Å². The summed E-state index contributed by atoms with van der Waals surface area (Å²) in [5.41, 5.74) is 1.95. The van der Waals surface area contributed by atoms with Crippen LogP contribution in [-0.4, -0.2) is 33.0 Å². The number of hydrogen-bond donors (Lipinski definition) is 0. The monoisotopic (exact) mass is 374 g/mol. The molecule has 7 heteroatoms. The molecule has 0 saturated heterocycles. The number of benzene rings is 1. The van der Waals surface area contributed by atoms with Gasteiger partial charge in [-0.05, 0) is 23.8 Å². The fourth-order valence-corrected chi connectivity index (χ4v) is 2.86.